The van der Waals surface area contributed by atoms with Crippen molar-refractivity contribution in [1.82, 2.24) is 0 Å². The van der Waals surface area contributed by atoms with Crippen LogP contribution in [0.4, 0.5) is 13.2 Å². The molecule has 0 radical (unpaired) electrons. The zero-order chi connectivity index (χ0) is 11.8. The molecule has 0 N–H and O–H groups in total. The van der Waals surface area contributed by atoms with Gasteiger partial charge in [-0.1, -0.05) is 11.6 Å². The second kappa shape index (κ2) is 3.87. The average Bonchev–Trinajstić information content (AvgIpc) is 2.69. The number of furan rings is 1. The van der Waals surface area contributed by atoms with Crippen molar-refractivity contribution in [3.8, 4) is 11.3 Å². The van der Waals surface area contributed by atoms with E-state index in [0.29, 0.717) is 5.76 Å². The first-order chi connectivity index (χ1) is 7.48. The summed E-state index contributed by atoms with van der Waals surface area (Å²) in [6.07, 6.45) is -3.00. The van der Waals surface area contributed by atoms with Crippen molar-refractivity contribution >= 4 is 11.6 Å². The Hall–Kier alpha value is -1.42. The maximum atomic E-state index is 12.5. The molecule has 0 atom stereocenters. The first-order valence-electron chi connectivity index (χ1n) is 4.39. The number of halogens is 4. The molecule has 84 valence electrons. The van der Waals surface area contributed by atoms with Gasteiger partial charge in [-0.05, 0) is 30.3 Å². The molecule has 0 amide bonds. The van der Waals surface area contributed by atoms with Crippen LogP contribution in [0.5, 0.6) is 0 Å². The molecular formula is C11H6ClF3O. The number of benzene rings is 1. The molecule has 0 saturated carbocycles. The third-order valence-electron chi connectivity index (χ3n) is 2.08. The third-order valence-corrected chi connectivity index (χ3v) is 2.41. The van der Waals surface area contributed by atoms with Crippen LogP contribution in [0.1, 0.15) is 5.56 Å². The summed E-state index contributed by atoms with van der Waals surface area (Å²) >= 11 is 5.81. The lowest BCUT2D eigenvalue weighted by molar-refractivity contribution is -0.137. The van der Waals surface area contributed by atoms with Gasteiger partial charge in [-0.25, -0.2) is 0 Å². The molecule has 0 fully saturated rings. The van der Waals surface area contributed by atoms with Crippen LogP contribution in [0.2, 0.25) is 5.02 Å². The Morgan fingerprint density at radius 3 is 2.44 bits per heavy atom. The molecule has 1 nitrogen and oxygen atoms in total. The zero-order valence-electron chi connectivity index (χ0n) is 7.88. The van der Waals surface area contributed by atoms with Crippen LogP contribution in [-0.2, 0) is 6.18 Å². The molecule has 2 aromatic rings. The highest BCUT2D eigenvalue weighted by molar-refractivity contribution is 6.33. The van der Waals surface area contributed by atoms with E-state index in [1.165, 1.54) is 12.3 Å². The van der Waals surface area contributed by atoms with Crippen molar-refractivity contribution in [2.45, 2.75) is 6.18 Å². The molecule has 0 spiro atoms. The van der Waals surface area contributed by atoms with Gasteiger partial charge in [-0.2, -0.15) is 13.2 Å². The Labute approximate surface area is 94.4 Å². The molecule has 0 unspecified atom stereocenters. The van der Waals surface area contributed by atoms with Gasteiger partial charge >= 0.3 is 6.18 Å². The Morgan fingerprint density at radius 1 is 1.12 bits per heavy atom. The molecule has 16 heavy (non-hydrogen) atoms. The SMILES string of the molecule is FC(F)(F)c1ccc(Cl)c(-c2ccco2)c1. The van der Waals surface area contributed by atoms with Gasteiger partial charge in [0.25, 0.3) is 0 Å². The van der Waals surface area contributed by atoms with Crippen LogP contribution in [-0.4, -0.2) is 0 Å². The monoisotopic (exact) mass is 246 g/mol. The summed E-state index contributed by atoms with van der Waals surface area (Å²) in [4.78, 5) is 0. The lowest BCUT2D eigenvalue weighted by Crippen LogP contribution is -2.04. The van der Waals surface area contributed by atoms with Gasteiger partial charge in [0.05, 0.1) is 16.8 Å². The first-order valence-corrected chi connectivity index (χ1v) is 4.77. The van der Waals surface area contributed by atoms with Gasteiger partial charge in [-0.15, -0.1) is 0 Å². The smallest absolute Gasteiger partial charge is 0.416 e. The van der Waals surface area contributed by atoms with Gasteiger partial charge in [0.2, 0.25) is 0 Å². The lowest BCUT2D eigenvalue weighted by atomic mass is 10.1. The summed E-state index contributed by atoms with van der Waals surface area (Å²) in [5.41, 5.74) is -0.509. The molecule has 0 saturated heterocycles. The molecule has 5 heteroatoms. The molecular weight excluding hydrogens is 241 g/mol. The Morgan fingerprint density at radius 2 is 1.88 bits per heavy atom. The minimum Gasteiger partial charge on any atom is -0.464 e. The minimum absolute atomic E-state index is 0.225. The fourth-order valence-electron chi connectivity index (χ4n) is 1.32. The lowest BCUT2D eigenvalue weighted by Gasteiger charge is -2.08. The van der Waals surface area contributed by atoms with Gasteiger partial charge < -0.3 is 4.42 Å². The Kier molecular flexibility index (Phi) is 2.68. The molecule has 2 rings (SSSR count). The highest BCUT2D eigenvalue weighted by atomic mass is 35.5. The van der Waals surface area contributed by atoms with Gasteiger partial charge in [-0.3, -0.25) is 0 Å². The van der Waals surface area contributed by atoms with E-state index in [9.17, 15) is 13.2 Å². The second-order valence-electron chi connectivity index (χ2n) is 3.17. The van der Waals surface area contributed by atoms with Gasteiger partial charge in [0.15, 0.2) is 0 Å². The van der Waals surface area contributed by atoms with Crippen LogP contribution < -0.4 is 0 Å². The predicted molar refractivity (Wildman–Crippen MR) is 54.2 cm³/mol. The number of rotatable bonds is 1. The molecule has 1 aromatic heterocycles. The normalized spacial score (nSPS) is 11.8. The molecule has 0 bridgehead atoms. The molecule has 0 aliphatic rings. The van der Waals surface area contributed by atoms with Crippen LogP contribution in [0, 0.1) is 0 Å². The topological polar surface area (TPSA) is 13.1 Å². The van der Waals surface area contributed by atoms with Crippen molar-refractivity contribution in [3.63, 3.8) is 0 Å². The third kappa shape index (κ3) is 2.07. The largest absolute Gasteiger partial charge is 0.464 e. The van der Waals surface area contributed by atoms with Gasteiger partial charge in [0, 0.05) is 5.56 Å². The molecule has 1 heterocycles. The Balaban J connectivity index is 2.54. The van der Waals surface area contributed by atoms with Crippen LogP contribution >= 0.6 is 11.6 Å². The highest BCUT2D eigenvalue weighted by Crippen LogP contribution is 2.35. The van der Waals surface area contributed by atoms with E-state index in [4.69, 9.17) is 16.0 Å². The van der Waals surface area contributed by atoms with Crippen molar-refractivity contribution in [2.75, 3.05) is 0 Å². The summed E-state index contributed by atoms with van der Waals surface area (Å²) in [5, 5.41) is 0.225. The second-order valence-corrected chi connectivity index (χ2v) is 3.58. The van der Waals surface area contributed by atoms with Crippen molar-refractivity contribution < 1.29 is 17.6 Å². The minimum atomic E-state index is -4.38. The van der Waals surface area contributed by atoms with E-state index in [0.717, 1.165) is 12.1 Å². The fourth-order valence-corrected chi connectivity index (χ4v) is 1.53. The van der Waals surface area contributed by atoms with E-state index in [-0.39, 0.29) is 10.6 Å². The number of hydrogen-bond acceptors (Lipinski definition) is 1. The predicted octanol–water partition coefficient (Wildman–Crippen LogP) is 4.62. The molecule has 0 aliphatic heterocycles. The van der Waals surface area contributed by atoms with Crippen molar-refractivity contribution in [3.05, 3.63) is 47.2 Å². The van der Waals surface area contributed by atoms with Gasteiger partial charge in [0.1, 0.15) is 5.76 Å². The van der Waals surface area contributed by atoms with E-state index >= 15 is 0 Å². The van der Waals surface area contributed by atoms with Crippen LogP contribution in [0.3, 0.4) is 0 Å². The number of hydrogen-bond donors (Lipinski definition) is 0. The molecule has 1 aromatic carbocycles. The maximum absolute atomic E-state index is 12.5. The fraction of sp³-hybridized carbons (Fsp3) is 0.0909. The van der Waals surface area contributed by atoms with E-state index in [1.807, 2.05) is 0 Å². The van der Waals surface area contributed by atoms with Crippen molar-refractivity contribution in [1.29, 1.82) is 0 Å². The van der Waals surface area contributed by atoms with Crippen LogP contribution in [0.15, 0.2) is 41.0 Å². The number of alkyl halides is 3. The Bertz CT molecular complexity index is 488. The summed E-state index contributed by atoms with van der Waals surface area (Å²) in [6.45, 7) is 0. The van der Waals surface area contributed by atoms with Crippen molar-refractivity contribution in [2.24, 2.45) is 0 Å². The summed E-state index contributed by atoms with van der Waals surface area (Å²) < 4.78 is 42.4. The molecule has 0 aliphatic carbocycles. The summed E-state index contributed by atoms with van der Waals surface area (Å²) in [6, 6.07) is 6.27. The van der Waals surface area contributed by atoms with Crippen LogP contribution in [0.25, 0.3) is 11.3 Å². The van der Waals surface area contributed by atoms with E-state index in [2.05, 4.69) is 0 Å². The average molecular weight is 247 g/mol. The first kappa shape index (κ1) is 11.1. The van der Waals surface area contributed by atoms with E-state index in [1.54, 1.807) is 12.1 Å². The quantitative estimate of drug-likeness (QED) is 0.716. The summed E-state index contributed by atoms with van der Waals surface area (Å²) in [5.74, 6) is 0.316. The maximum Gasteiger partial charge on any atom is 0.416 e. The standard InChI is InChI=1S/C11H6ClF3O/c12-9-4-3-7(11(13,14)15)6-8(9)10-2-1-5-16-10/h1-6H. The zero-order valence-corrected chi connectivity index (χ0v) is 8.64. The highest BCUT2D eigenvalue weighted by Gasteiger charge is 2.31. The van der Waals surface area contributed by atoms with E-state index < -0.39 is 11.7 Å². The summed E-state index contributed by atoms with van der Waals surface area (Å²) in [7, 11) is 0.